The quantitative estimate of drug-likeness (QED) is 0.774. The van der Waals surface area contributed by atoms with Crippen molar-refractivity contribution in [2.24, 2.45) is 0 Å². The van der Waals surface area contributed by atoms with Crippen LogP contribution in [0, 0.1) is 0 Å². The van der Waals surface area contributed by atoms with Crippen molar-refractivity contribution < 1.29 is 9.47 Å². The largest absolute Gasteiger partial charge is 0.493 e. The predicted molar refractivity (Wildman–Crippen MR) is 93.6 cm³/mol. The van der Waals surface area contributed by atoms with Gasteiger partial charge in [-0.2, -0.15) is 11.8 Å². The predicted octanol–water partition coefficient (Wildman–Crippen LogP) is 4.23. The monoisotopic (exact) mass is 373 g/mol. The van der Waals surface area contributed by atoms with Crippen LogP contribution in [0.3, 0.4) is 0 Å². The van der Waals surface area contributed by atoms with Crippen molar-refractivity contribution in [2.45, 2.75) is 44.0 Å². The smallest absolute Gasteiger partial charge is 0.175 e. The SMILES string of the molecule is CCOc1c(Br)cc(CNC2CCC(SC)C2)cc1OC. The highest BCUT2D eigenvalue weighted by Gasteiger charge is 2.23. The van der Waals surface area contributed by atoms with Gasteiger partial charge in [0, 0.05) is 17.8 Å². The van der Waals surface area contributed by atoms with Gasteiger partial charge in [0.25, 0.3) is 0 Å². The van der Waals surface area contributed by atoms with Crippen molar-refractivity contribution in [3.8, 4) is 11.5 Å². The van der Waals surface area contributed by atoms with E-state index in [1.54, 1.807) is 7.11 Å². The van der Waals surface area contributed by atoms with Crippen LogP contribution in [0.2, 0.25) is 0 Å². The van der Waals surface area contributed by atoms with E-state index in [-0.39, 0.29) is 0 Å². The minimum Gasteiger partial charge on any atom is -0.493 e. The molecule has 0 aliphatic heterocycles. The molecule has 0 aromatic heterocycles. The van der Waals surface area contributed by atoms with Gasteiger partial charge in [-0.1, -0.05) is 0 Å². The molecule has 2 rings (SSSR count). The Bertz CT molecular complexity index is 470. The Labute approximate surface area is 140 Å². The number of thioether (sulfide) groups is 1. The Morgan fingerprint density at radius 2 is 2.19 bits per heavy atom. The van der Waals surface area contributed by atoms with Crippen molar-refractivity contribution in [1.82, 2.24) is 5.32 Å². The molecule has 1 aromatic carbocycles. The lowest BCUT2D eigenvalue weighted by Crippen LogP contribution is -2.26. The van der Waals surface area contributed by atoms with E-state index >= 15 is 0 Å². The summed E-state index contributed by atoms with van der Waals surface area (Å²) in [4.78, 5) is 0. The highest BCUT2D eigenvalue weighted by molar-refractivity contribution is 9.10. The van der Waals surface area contributed by atoms with Crippen LogP contribution in [-0.4, -0.2) is 31.3 Å². The molecule has 1 aliphatic rings. The van der Waals surface area contributed by atoms with Crippen LogP contribution in [-0.2, 0) is 6.54 Å². The summed E-state index contributed by atoms with van der Waals surface area (Å²) in [6, 6.07) is 4.81. The van der Waals surface area contributed by atoms with E-state index in [1.165, 1.54) is 24.8 Å². The number of benzene rings is 1. The fourth-order valence-electron chi connectivity index (χ4n) is 2.76. The first-order chi connectivity index (χ1) is 10.2. The number of methoxy groups -OCH3 is 1. The number of ether oxygens (including phenoxy) is 2. The van der Waals surface area contributed by atoms with Gasteiger partial charge in [-0.3, -0.25) is 0 Å². The number of hydrogen-bond donors (Lipinski definition) is 1. The lowest BCUT2D eigenvalue weighted by molar-refractivity contribution is 0.308. The second-order valence-corrected chi connectivity index (χ2v) is 7.28. The van der Waals surface area contributed by atoms with Gasteiger partial charge in [0.05, 0.1) is 18.2 Å². The topological polar surface area (TPSA) is 30.5 Å². The van der Waals surface area contributed by atoms with Gasteiger partial charge < -0.3 is 14.8 Å². The molecule has 1 aliphatic carbocycles. The molecule has 21 heavy (non-hydrogen) atoms. The minimum atomic E-state index is 0.630. The fourth-order valence-corrected chi connectivity index (χ4v) is 4.16. The molecule has 0 heterocycles. The Balaban J connectivity index is 1.99. The lowest BCUT2D eigenvalue weighted by Gasteiger charge is -2.16. The maximum absolute atomic E-state index is 5.63. The zero-order valence-corrected chi connectivity index (χ0v) is 15.4. The van der Waals surface area contributed by atoms with E-state index < -0.39 is 0 Å². The maximum Gasteiger partial charge on any atom is 0.175 e. The van der Waals surface area contributed by atoms with Crippen LogP contribution in [0.15, 0.2) is 16.6 Å². The average molecular weight is 374 g/mol. The molecule has 1 fully saturated rings. The van der Waals surface area contributed by atoms with Crippen LogP contribution >= 0.6 is 27.7 Å². The first-order valence-corrected chi connectivity index (χ1v) is 9.51. The molecular weight excluding hydrogens is 350 g/mol. The van der Waals surface area contributed by atoms with Crippen molar-refractivity contribution in [3.05, 3.63) is 22.2 Å². The van der Waals surface area contributed by atoms with E-state index in [2.05, 4.69) is 39.6 Å². The fraction of sp³-hybridized carbons (Fsp3) is 0.625. The number of rotatable bonds is 7. The summed E-state index contributed by atoms with van der Waals surface area (Å²) in [6.45, 7) is 3.47. The van der Waals surface area contributed by atoms with Gasteiger partial charge in [-0.05, 0) is 66.1 Å². The van der Waals surface area contributed by atoms with E-state index in [0.29, 0.717) is 12.6 Å². The number of nitrogens with one attached hydrogen (secondary N) is 1. The molecule has 1 saturated carbocycles. The maximum atomic E-state index is 5.63. The first kappa shape index (κ1) is 17.0. The van der Waals surface area contributed by atoms with E-state index in [4.69, 9.17) is 9.47 Å². The molecule has 0 spiro atoms. The van der Waals surface area contributed by atoms with Crippen LogP contribution in [0.5, 0.6) is 11.5 Å². The van der Waals surface area contributed by atoms with Crippen LogP contribution in [0.25, 0.3) is 0 Å². The summed E-state index contributed by atoms with van der Waals surface area (Å²) in [5, 5.41) is 4.48. The molecule has 0 amide bonds. The van der Waals surface area contributed by atoms with Gasteiger partial charge in [0.1, 0.15) is 0 Å². The van der Waals surface area contributed by atoms with E-state index in [1.807, 2.05) is 18.7 Å². The zero-order chi connectivity index (χ0) is 15.2. The third-order valence-electron chi connectivity index (χ3n) is 3.89. The summed E-state index contributed by atoms with van der Waals surface area (Å²) in [5.41, 5.74) is 1.22. The van der Waals surface area contributed by atoms with E-state index in [0.717, 1.165) is 27.8 Å². The molecule has 0 saturated heterocycles. The molecule has 0 radical (unpaired) electrons. The van der Waals surface area contributed by atoms with Crippen LogP contribution in [0.4, 0.5) is 0 Å². The molecule has 2 unspecified atom stereocenters. The molecule has 118 valence electrons. The average Bonchev–Trinajstić information content (AvgIpc) is 2.95. The molecule has 3 nitrogen and oxygen atoms in total. The standard InChI is InChI=1S/C16H24BrNO2S/c1-4-20-16-14(17)7-11(8-15(16)19-2)10-18-12-5-6-13(9-12)21-3/h7-8,12-13,18H,4-6,9-10H2,1-3H3. The summed E-state index contributed by atoms with van der Waals surface area (Å²) in [7, 11) is 1.68. The van der Waals surface area contributed by atoms with Crippen molar-refractivity contribution in [1.29, 1.82) is 0 Å². The normalized spacial score (nSPS) is 21.5. The Morgan fingerprint density at radius 3 is 2.81 bits per heavy atom. The number of halogens is 1. The Kier molecular flexibility index (Phi) is 6.71. The molecular formula is C16H24BrNO2S. The van der Waals surface area contributed by atoms with Gasteiger partial charge in [-0.15, -0.1) is 0 Å². The Morgan fingerprint density at radius 1 is 1.38 bits per heavy atom. The third kappa shape index (κ3) is 4.54. The summed E-state index contributed by atoms with van der Waals surface area (Å²) >= 11 is 5.57. The summed E-state index contributed by atoms with van der Waals surface area (Å²) < 4.78 is 12.0. The van der Waals surface area contributed by atoms with Crippen molar-refractivity contribution in [3.63, 3.8) is 0 Å². The van der Waals surface area contributed by atoms with Gasteiger partial charge in [0.15, 0.2) is 11.5 Å². The van der Waals surface area contributed by atoms with Crippen molar-refractivity contribution in [2.75, 3.05) is 20.0 Å². The second-order valence-electron chi connectivity index (χ2n) is 5.29. The molecule has 0 bridgehead atoms. The van der Waals surface area contributed by atoms with Gasteiger partial charge in [-0.25, -0.2) is 0 Å². The molecule has 5 heteroatoms. The molecule has 1 aromatic rings. The first-order valence-electron chi connectivity index (χ1n) is 7.43. The van der Waals surface area contributed by atoms with Crippen molar-refractivity contribution >= 4 is 27.7 Å². The highest BCUT2D eigenvalue weighted by Crippen LogP contribution is 2.37. The lowest BCUT2D eigenvalue weighted by atomic mass is 10.1. The summed E-state index contributed by atoms with van der Waals surface area (Å²) in [5.74, 6) is 1.57. The van der Waals surface area contributed by atoms with Crippen LogP contribution < -0.4 is 14.8 Å². The second kappa shape index (κ2) is 8.30. The highest BCUT2D eigenvalue weighted by atomic mass is 79.9. The molecule has 1 N–H and O–H groups in total. The minimum absolute atomic E-state index is 0.630. The van der Waals surface area contributed by atoms with Gasteiger partial charge in [0.2, 0.25) is 0 Å². The summed E-state index contributed by atoms with van der Waals surface area (Å²) in [6.07, 6.45) is 6.09. The molecule has 2 atom stereocenters. The Hall–Kier alpha value is -0.390. The van der Waals surface area contributed by atoms with Gasteiger partial charge >= 0.3 is 0 Å². The zero-order valence-electron chi connectivity index (χ0n) is 12.9. The third-order valence-corrected chi connectivity index (χ3v) is 5.57. The van der Waals surface area contributed by atoms with Crippen LogP contribution in [0.1, 0.15) is 31.7 Å². The van der Waals surface area contributed by atoms with E-state index in [9.17, 15) is 0 Å². The number of hydrogen-bond acceptors (Lipinski definition) is 4.